The molecular weight excluding hydrogens is 240 g/mol. The third-order valence-electron chi connectivity index (χ3n) is 3.77. The molecule has 1 aromatic carbocycles. The van der Waals surface area contributed by atoms with Crippen LogP contribution in [0.25, 0.3) is 0 Å². The summed E-state index contributed by atoms with van der Waals surface area (Å²) in [5.74, 6) is -0.000602. The average molecular weight is 262 g/mol. The normalized spacial score (nSPS) is 15.1. The van der Waals surface area contributed by atoms with E-state index >= 15 is 0 Å². The summed E-state index contributed by atoms with van der Waals surface area (Å²) in [6, 6.07) is 5.86. The molecule has 0 unspecified atom stereocenters. The fraction of sp³-hybridized carbons (Fsp3) is 0.533. The van der Waals surface area contributed by atoms with Crippen LogP contribution < -0.4 is 5.73 Å². The number of nitrogens with zero attached hydrogens (tertiary/aromatic N) is 1. The highest BCUT2D eigenvalue weighted by Gasteiger charge is 2.29. The SMILES string of the molecule is Cc1ccc(N)c(C(=O)N(CCCO)C2CCC2)c1. The zero-order valence-corrected chi connectivity index (χ0v) is 11.4. The van der Waals surface area contributed by atoms with Crippen molar-refractivity contribution in [3.63, 3.8) is 0 Å². The van der Waals surface area contributed by atoms with Crippen LogP contribution in [0.2, 0.25) is 0 Å². The molecule has 4 heteroatoms. The fourth-order valence-electron chi connectivity index (χ4n) is 2.40. The van der Waals surface area contributed by atoms with E-state index in [0.29, 0.717) is 30.3 Å². The van der Waals surface area contributed by atoms with Crippen molar-refractivity contribution in [3.8, 4) is 0 Å². The number of carbonyl (C=O) groups is 1. The molecule has 0 aliphatic heterocycles. The van der Waals surface area contributed by atoms with Crippen LogP contribution in [0.5, 0.6) is 0 Å². The van der Waals surface area contributed by atoms with Gasteiger partial charge in [-0.15, -0.1) is 0 Å². The summed E-state index contributed by atoms with van der Waals surface area (Å²) in [5.41, 5.74) is 8.07. The topological polar surface area (TPSA) is 66.6 Å². The molecule has 1 saturated carbocycles. The van der Waals surface area contributed by atoms with Gasteiger partial charge in [-0.05, 0) is 44.7 Å². The van der Waals surface area contributed by atoms with Gasteiger partial charge in [-0.2, -0.15) is 0 Å². The van der Waals surface area contributed by atoms with Gasteiger partial charge < -0.3 is 15.7 Å². The van der Waals surface area contributed by atoms with Crippen molar-refractivity contribution in [1.82, 2.24) is 4.90 Å². The van der Waals surface area contributed by atoms with Gasteiger partial charge in [-0.3, -0.25) is 4.79 Å². The molecule has 1 aromatic rings. The molecule has 0 aromatic heterocycles. The van der Waals surface area contributed by atoms with Crippen molar-refractivity contribution in [2.75, 3.05) is 18.9 Å². The first-order chi connectivity index (χ1) is 9.13. The van der Waals surface area contributed by atoms with E-state index in [0.717, 1.165) is 18.4 Å². The number of aliphatic hydroxyl groups excluding tert-OH is 1. The summed E-state index contributed by atoms with van der Waals surface area (Å²) in [6.07, 6.45) is 3.91. The van der Waals surface area contributed by atoms with E-state index < -0.39 is 0 Å². The summed E-state index contributed by atoms with van der Waals surface area (Å²) in [6.45, 7) is 2.67. The predicted molar refractivity (Wildman–Crippen MR) is 76.0 cm³/mol. The van der Waals surface area contributed by atoms with Crippen molar-refractivity contribution < 1.29 is 9.90 Å². The molecule has 104 valence electrons. The third kappa shape index (κ3) is 3.07. The van der Waals surface area contributed by atoms with Gasteiger partial charge in [-0.1, -0.05) is 11.6 Å². The number of nitrogens with two attached hydrogens (primary N) is 1. The van der Waals surface area contributed by atoms with Crippen molar-refractivity contribution >= 4 is 11.6 Å². The Morgan fingerprint density at radius 2 is 2.21 bits per heavy atom. The molecule has 0 atom stereocenters. The Kier molecular flexibility index (Phi) is 4.43. The van der Waals surface area contributed by atoms with Crippen molar-refractivity contribution in [2.24, 2.45) is 0 Å². The number of benzene rings is 1. The first-order valence-electron chi connectivity index (χ1n) is 6.91. The smallest absolute Gasteiger partial charge is 0.256 e. The Bertz CT molecular complexity index is 455. The number of anilines is 1. The molecule has 3 N–H and O–H groups in total. The van der Waals surface area contributed by atoms with Crippen LogP contribution in [0.4, 0.5) is 5.69 Å². The second kappa shape index (κ2) is 6.06. The van der Waals surface area contributed by atoms with Gasteiger partial charge in [0.05, 0.1) is 5.56 Å². The molecule has 1 fully saturated rings. The van der Waals surface area contributed by atoms with Gasteiger partial charge >= 0.3 is 0 Å². The van der Waals surface area contributed by atoms with Crippen LogP contribution in [0.1, 0.15) is 41.6 Å². The molecule has 1 aliphatic carbocycles. The fourth-order valence-corrected chi connectivity index (χ4v) is 2.40. The molecule has 0 radical (unpaired) electrons. The molecule has 0 saturated heterocycles. The number of hydrogen-bond donors (Lipinski definition) is 2. The van der Waals surface area contributed by atoms with Gasteiger partial charge in [0.15, 0.2) is 0 Å². The van der Waals surface area contributed by atoms with E-state index in [4.69, 9.17) is 10.8 Å². The largest absolute Gasteiger partial charge is 0.398 e. The van der Waals surface area contributed by atoms with Crippen LogP contribution in [0, 0.1) is 6.92 Å². The lowest BCUT2D eigenvalue weighted by Gasteiger charge is -2.38. The molecule has 4 nitrogen and oxygen atoms in total. The molecule has 0 heterocycles. The van der Waals surface area contributed by atoms with Crippen molar-refractivity contribution in [3.05, 3.63) is 29.3 Å². The average Bonchev–Trinajstić information content (AvgIpc) is 2.34. The summed E-state index contributed by atoms with van der Waals surface area (Å²) in [7, 11) is 0. The van der Waals surface area contributed by atoms with E-state index in [9.17, 15) is 4.79 Å². The minimum absolute atomic E-state index is 0.000602. The minimum atomic E-state index is -0.000602. The number of aliphatic hydroxyl groups is 1. The van der Waals surface area contributed by atoms with E-state index in [1.165, 1.54) is 6.42 Å². The molecule has 0 bridgehead atoms. The molecule has 19 heavy (non-hydrogen) atoms. The first kappa shape index (κ1) is 13.9. The molecule has 1 aliphatic rings. The molecule has 2 rings (SSSR count). The zero-order valence-electron chi connectivity index (χ0n) is 11.4. The van der Waals surface area contributed by atoms with Gasteiger partial charge in [0, 0.05) is 24.9 Å². The first-order valence-corrected chi connectivity index (χ1v) is 6.91. The highest BCUT2D eigenvalue weighted by molar-refractivity contribution is 5.99. The Labute approximate surface area is 114 Å². The lowest BCUT2D eigenvalue weighted by molar-refractivity contribution is 0.0563. The molecule has 1 amide bonds. The van der Waals surface area contributed by atoms with E-state index in [-0.39, 0.29) is 12.5 Å². The van der Waals surface area contributed by atoms with Crippen LogP contribution in [0.15, 0.2) is 18.2 Å². The minimum Gasteiger partial charge on any atom is -0.398 e. The van der Waals surface area contributed by atoms with Gasteiger partial charge in [0.1, 0.15) is 0 Å². The number of amides is 1. The third-order valence-corrected chi connectivity index (χ3v) is 3.77. The lowest BCUT2D eigenvalue weighted by atomic mass is 9.90. The number of carbonyl (C=O) groups excluding carboxylic acids is 1. The van der Waals surface area contributed by atoms with Crippen LogP contribution in [-0.2, 0) is 0 Å². The monoisotopic (exact) mass is 262 g/mol. The quantitative estimate of drug-likeness (QED) is 0.797. The summed E-state index contributed by atoms with van der Waals surface area (Å²) >= 11 is 0. The van der Waals surface area contributed by atoms with E-state index in [1.54, 1.807) is 6.07 Å². The Hall–Kier alpha value is -1.55. The number of nitrogen functional groups attached to an aromatic ring is 1. The Morgan fingerprint density at radius 3 is 2.79 bits per heavy atom. The standard InChI is InChI=1S/C15H22N2O2/c1-11-6-7-14(16)13(10-11)15(19)17(8-3-9-18)12-4-2-5-12/h6-7,10,12,18H,2-5,8-9,16H2,1H3. The second-order valence-corrected chi connectivity index (χ2v) is 5.25. The summed E-state index contributed by atoms with van der Waals surface area (Å²) < 4.78 is 0. The lowest BCUT2D eigenvalue weighted by Crippen LogP contribution is -2.45. The van der Waals surface area contributed by atoms with Crippen LogP contribution in [0.3, 0.4) is 0 Å². The number of rotatable bonds is 5. The highest BCUT2D eigenvalue weighted by atomic mass is 16.3. The van der Waals surface area contributed by atoms with Crippen LogP contribution in [-0.4, -0.2) is 35.1 Å². The van der Waals surface area contributed by atoms with Gasteiger partial charge in [0.25, 0.3) is 5.91 Å². The van der Waals surface area contributed by atoms with Crippen molar-refractivity contribution in [2.45, 2.75) is 38.6 Å². The highest BCUT2D eigenvalue weighted by Crippen LogP contribution is 2.27. The van der Waals surface area contributed by atoms with E-state index in [1.807, 2.05) is 24.0 Å². The van der Waals surface area contributed by atoms with Gasteiger partial charge in [-0.25, -0.2) is 0 Å². The predicted octanol–water partition coefficient (Wildman–Crippen LogP) is 1.95. The second-order valence-electron chi connectivity index (χ2n) is 5.25. The Morgan fingerprint density at radius 1 is 1.47 bits per heavy atom. The van der Waals surface area contributed by atoms with E-state index in [2.05, 4.69) is 0 Å². The number of aryl methyl sites for hydroxylation is 1. The Balaban J connectivity index is 2.19. The van der Waals surface area contributed by atoms with Crippen LogP contribution >= 0.6 is 0 Å². The maximum atomic E-state index is 12.6. The summed E-state index contributed by atoms with van der Waals surface area (Å²) in [5, 5.41) is 8.98. The van der Waals surface area contributed by atoms with Crippen molar-refractivity contribution in [1.29, 1.82) is 0 Å². The molecular formula is C15H22N2O2. The maximum absolute atomic E-state index is 12.6. The van der Waals surface area contributed by atoms with Gasteiger partial charge in [0.2, 0.25) is 0 Å². The summed E-state index contributed by atoms with van der Waals surface area (Å²) in [4.78, 5) is 14.5. The maximum Gasteiger partial charge on any atom is 0.256 e. The zero-order chi connectivity index (χ0) is 13.8. The number of hydrogen-bond acceptors (Lipinski definition) is 3. The molecule has 0 spiro atoms.